The lowest BCUT2D eigenvalue weighted by molar-refractivity contribution is 0.280. The maximum atomic E-state index is 4.04. The molecule has 0 amide bonds. The first-order valence-corrected chi connectivity index (χ1v) is 5.16. The topological polar surface area (TPSA) is 0 Å². The van der Waals surface area contributed by atoms with E-state index in [0.29, 0.717) is 5.92 Å². The molecule has 0 heteroatoms. The number of allylic oxidation sites excluding steroid dienone is 1. The highest BCUT2D eigenvalue weighted by molar-refractivity contribution is 4.97. The molecule has 0 heterocycles. The van der Waals surface area contributed by atoms with Crippen molar-refractivity contribution in [3.05, 3.63) is 12.2 Å². The van der Waals surface area contributed by atoms with E-state index in [2.05, 4.69) is 41.2 Å². The Bertz CT molecular complexity index is 133. The van der Waals surface area contributed by atoms with E-state index in [1.807, 2.05) is 0 Å². The van der Waals surface area contributed by atoms with Crippen LogP contribution in [-0.2, 0) is 0 Å². The number of rotatable bonds is 5. The van der Waals surface area contributed by atoms with Crippen LogP contribution in [0.2, 0.25) is 0 Å². The maximum absolute atomic E-state index is 4.04. The van der Waals surface area contributed by atoms with E-state index in [1.54, 1.807) is 0 Å². The number of hydrogen-bond acceptors (Lipinski definition) is 0. The lowest BCUT2D eigenvalue weighted by Gasteiger charge is -2.27. The summed E-state index contributed by atoms with van der Waals surface area (Å²) in [5.74, 6) is 2.30. The monoisotopic (exact) mass is 168 g/mol. The second-order valence-corrected chi connectivity index (χ2v) is 4.33. The van der Waals surface area contributed by atoms with Crippen molar-refractivity contribution >= 4 is 0 Å². The average molecular weight is 168 g/mol. The molecule has 72 valence electrons. The summed E-state index contributed by atoms with van der Waals surface area (Å²) in [6.45, 7) is 15.4. The molecule has 0 nitrogen and oxygen atoms in total. The minimum atomic E-state index is 0.685. The van der Waals surface area contributed by atoms with Gasteiger partial charge in [0.2, 0.25) is 0 Å². The van der Waals surface area contributed by atoms with Crippen molar-refractivity contribution in [2.24, 2.45) is 17.8 Å². The predicted molar refractivity (Wildman–Crippen MR) is 57.2 cm³/mol. The van der Waals surface area contributed by atoms with Gasteiger partial charge >= 0.3 is 0 Å². The van der Waals surface area contributed by atoms with Crippen LogP contribution < -0.4 is 0 Å². The van der Waals surface area contributed by atoms with Gasteiger partial charge in [0, 0.05) is 0 Å². The summed E-state index contributed by atoms with van der Waals surface area (Å²) in [5, 5.41) is 0. The molecule has 0 aromatic heterocycles. The van der Waals surface area contributed by atoms with Crippen molar-refractivity contribution in [2.75, 3.05) is 0 Å². The molecule has 0 N–H and O–H groups in total. The molecule has 0 aliphatic heterocycles. The molecular formula is C12H24. The van der Waals surface area contributed by atoms with Gasteiger partial charge in [0.25, 0.3) is 0 Å². The van der Waals surface area contributed by atoms with Crippen LogP contribution in [0.25, 0.3) is 0 Å². The molecule has 0 aromatic rings. The summed E-state index contributed by atoms with van der Waals surface area (Å²) in [6.07, 6.45) is 2.63. The van der Waals surface area contributed by atoms with Crippen molar-refractivity contribution < 1.29 is 0 Å². The highest BCUT2D eigenvalue weighted by Gasteiger charge is 2.19. The van der Waals surface area contributed by atoms with E-state index >= 15 is 0 Å². The van der Waals surface area contributed by atoms with Crippen molar-refractivity contribution in [3.63, 3.8) is 0 Å². The molecule has 0 saturated heterocycles. The maximum Gasteiger partial charge on any atom is -0.0206 e. The summed E-state index contributed by atoms with van der Waals surface area (Å²) in [7, 11) is 0. The van der Waals surface area contributed by atoms with E-state index in [9.17, 15) is 0 Å². The van der Waals surface area contributed by atoms with Crippen LogP contribution in [0.15, 0.2) is 12.2 Å². The van der Waals surface area contributed by atoms with Gasteiger partial charge in [0.05, 0.1) is 0 Å². The fourth-order valence-corrected chi connectivity index (χ4v) is 1.86. The Hall–Kier alpha value is -0.260. The molecule has 0 saturated carbocycles. The molecule has 0 radical (unpaired) electrons. The van der Waals surface area contributed by atoms with Gasteiger partial charge in [-0.2, -0.15) is 0 Å². The summed E-state index contributed by atoms with van der Waals surface area (Å²) < 4.78 is 0. The van der Waals surface area contributed by atoms with Gasteiger partial charge in [-0.05, 0) is 31.1 Å². The standard InChI is InChI=1S/C12H24/c1-7-8-12(10(4)5)11(6)9(2)3/h10-12H,2,7-8H2,1,3-6H3/t11?,12-/m1/s1. The van der Waals surface area contributed by atoms with Crippen LogP contribution in [0.1, 0.15) is 47.5 Å². The van der Waals surface area contributed by atoms with Crippen molar-refractivity contribution in [3.8, 4) is 0 Å². The van der Waals surface area contributed by atoms with Gasteiger partial charge < -0.3 is 0 Å². The third-order valence-corrected chi connectivity index (χ3v) is 2.90. The van der Waals surface area contributed by atoms with Crippen LogP contribution in [0, 0.1) is 17.8 Å². The average Bonchev–Trinajstić information content (AvgIpc) is 1.98. The molecule has 12 heavy (non-hydrogen) atoms. The van der Waals surface area contributed by atoms with Crippen LogP contribution in [0.3, 0.4) is 0 Å². The van der Waals surface area contributed by atoms with E-state index in [0.717, 1.165) is 11.8 Å². The lowest BCUT2D eigenvalue weighted by atomic mass is 9.78. The molecule has 0 aliphatic carbocycles. The minimum absolute atomic E-state index is 0.685. The molecule has 2 atom stereocenters. The first kappa shape index (κ1) is 11.7. The van der Waals surface area contributed by atoms with E-state index in [-0.39, 0.29) is 0 Å². The second-order valence-electron chi connectivity index (χ2n) is 4.33. The Morgan fingerprint density at radius 3 is 2.00 bits per heavy atom. The molecule has 0 fully saturated rings. The summed E-state index contributed by atoms with van der Waals surface area (Å²) in [6, 6.07) is 0. The highest BCUT2D eigenvalue weighted by Crippen LogP contribution is 2.29. The first-order chi connectivity index (χ1) is 5.50. The zero-order valence-electron chi connectivity index (χ0n) is 9.35. The Labute approximate surface area is 78.1 Å². The third-order valence-electron chi connectivity index (χ3n) is 2.90. The molecule has 1 unspecified atom stereocenters. The second kappa shape index (κ2) is 5.40. The summed E-state index contributed by atoms with van der Waals surface area (Å²) in [4.78, 5) is 0. The quantitative estimate of drug-likeness (QED) is 0.538. The molecule has 0 bridgehead atoms. The highest BCUT2D eigenvalue weighted by atomic mass is 14.2. The Balaban J connectivity index is 4.18. The van der Waals surface area contributed by atoms with E-state index in [4.69, 9.17) is 0 Å². The molecule has 0 rings (SSSR count). The van der Waals surface area contributed by atoms with Gasteiger partial charge in [-0.1, -0.05) is 46.3 Å². The normalized spacial score (nSPS) is 16.2. The Morgan fingerprint density at radius 2 is 1.75 bits per heavy atom. The van der Waals surface area contributed by atoms with E-state index < -0.39 is 0 Å². The van der Waals surface area contributed by atoms with Gasteiger partial charge in [0.1, 0.15) is 0 Å². The minimum Gasteiger partial charge on any atom is -0.0999 e. The zero-order valence-corrected chi connectivity index (χ0v) is 9.35. The first-order valence-electron chi connectivity index (χ1n) is 5.16. The lowest BCUT2D eigenvalue weighted by Crippen LogP contribution is -2.18. The SMILES string of the molecule is C=C(C)C(C)[C@H](CCC)C(C)C. The fraction of sp³-hybridized carbons (Fsp3) is 0.833. The van der Waals surface area contributed by atoms with E-state index in [1.165, 1.54) is 18.4 Å². The zero-order chi connectivity index (χ0) is 9.72. The van der Waals surface area contributed by atoms with Crippen LogP contribution >= 0.6 is 0 Å². The smallest absolute Gasteiger partial charge is 0.0206 e. The van der Waals surface area contributed by atoms with Gasteiger partial charge in [-0.3, -0.25) is 0 Å². The summed E-state index contributed by atoms with van der Waals surface area (Å²) >= 11 is 0. The predicted octanol–water partition coefficient (Wildman–Crippen LogP) is 4.27. The molecule has 0 spiro atoms. The third kappa shape index (κ3) is 3.42. The van der Waals surface area contributed by atoms with Gasteiger partial charge in [-0.15, -0.1) is 0 Å². The fourth-order valence-electron chi connectivity index (χ4n) is 1.86. The largest absolute Gasteiger partial charge is 0.0999 e. The van der Waals surface area contributed by atoms with Gasteiger partial charge in [0.15, 0.2) is 0 Å². The molecule has 0 aromatic carbocycles. The van der Waals surface area contributed by atoms with Crippen molar-refractivity contribution in [1.29, 1.82) is 0 Å². The Morgan fingerprint density at radius 1 is 1.25 bits per heavy atom. The molecular weight excluding hydrogens is 144 g/mol. The van der Waals surface area contributed by atoms with Crippen LogP contribution in [0.4, 0.5) is 0 Å². The van der Waals surface area contributed by atoms with Crippen molar-refractivity contribution in [1.82, 2.24) is 0 Å². The van der Waals surface area contributed by atoms with Crippen LogP contribution in [-0.4, -0.2) is 0 Å². The van der Waals surface area contributed by atoms with Gasteiger partial charge in [-0.25, -0.2) is 0 Å². The van der Waals surface area contributed by atoms with Crippen LogP contribution in [0.5, 0.6) is 0 Å². The molecule has 0 aliphatic rings. The Kier molecular flexibility index (Phi) is 5.28. The summed E-state index contributed by atoms with van der Waals surface area (Å²) in [5.41, 5.74) is 1.34. The van der Waals surface area contributed by atoms with Crippen molar-refractivity contribution in [2.45, 2.75) is 47.5 Å². The number of hydrogen-bond donors (Lipinski definition) is 0.